The third-order valence-electron chi connectivity index (χ3n) is 7.41. The molecule has 0 saturated carbocycles. The molecule has 37 heavy (non-hydrogen) atoms. The number of piperidine rings is 1. The van der Waals surface area contributed by atoms with Gasteiger partial charge in [0.25, 0.3) is 0 Å². The van der Waals surface area contributed by atoms with Crippen LogP contribution >= 0.6 is 0 Å². The van der Waals surface area contributed by atoms with Crippen LogP contribution < -0.4 is 15.4 Å². The first-order valence-electron chi connectivity index (χ1n) is 12.7. The molecule has 0 unspecified atom stereocenters. The number of fused-ring (bicyclic) bond motifs is 1. The van der Waals surface area contributed by atoms with Gasteiger partial charge in [-0.25, -0.2) is 15.0 Å². The number of rotatable bonds is 6. The number of nitriles is 1. The van der Waals surface area contributed by atoms with E-state index in [1.54, 1.807) is 6.20 Å². The lowest BCUT2D eigenvalue weighted by Gasteiger charge is -2.29. The van der Waals surface area contributed by atoms with Crippen molar-refractivity contribution in [1.29, 1.82) is 5.26 Å². The summed E-state index contributed by atoms with van der Waals surface area (Å²) < 4.78 is 6.24. The van der Waals surface area contributed by atoms with Gasteiger partial charge in [-0.15, -0.1) is 0 Å². The summed E-state index contributed by atoms with van der Waals surface area (Å²) in [5, 5.41) is 26.3. The van der Waals surface area contributed by atoms with Crippen LogP contribution in [0.2, 0.25) is 0 Å². The molecule has 0 radical (unpaired) electrons. The quantitative estimate of drug-likeness (QED) is 0.463. The van der Waals surface area contributed by atoms with Crippen molar-refractivity contribution in [3.63, 3.8) is 0 Å². The van der Waals surface area contributed by atoms with Crippen molar-refractivity contribution >= 4 is 17.3 Å². The summed E-state index contributed by atoms with van der Waals surface area (Å²) in [5.74, 6) is 1.11. The summed E-state index contributed by atoms with van der Waals surface area (Å²) in [5.41, 5.74) is 5.85. The molecule has 2 aliphatic heterocycles. The van der Waals surface area contributed by atoms with Crippen LogP contribution in [-0.4, -0.2) is 64.4 Å². The van der Waals surface area contributed by atoms with Crippen molar-refractivity contribution in [3.8, 4) is 23.2 Å². The van der Waals surface area contributed by atoms with E-state index >= 15 is 0 Å². The van der Waals surface area contributed by atoms with Gasteiger partial charge in [0, 0.05) is 42.4 Å². The first-order chi connectivity index (χ1) is 17.8. The van der Waals surface area contributed by atoms with Crippen LogP contribution in [-0.2, 0) is 5.41 Å². The van der Waals surface area contributed by atoms with E-state index in [0.29, 0.717) is 29.6 Å². The second kappa shape index (κ2) is 9.96. The molecule has 2 aromatic heterocycles. The number of hydrogen-bond donors (Lipinski definition) is 3. The van der Waals surface area contributed by atoms with Crippen LogP contribution in [0.5, 0.6) is 5.88 Å². The van der Waals surface area contributed by atoms with Gasteiger partial charge in [0.05, 0.1) is 34.9 Å². The molecular weight excluding hydrogens is 466 g/mol. The fourth-order valence-electron chi connectivity index (χ4n) is 4.95. The number of nitrogens with one attached hydrogen (secondary N) is 2. The number of aliphatic hydroxyl groups excluding tert-OH is 1. The Bertz CT molecular complexity index is 1360. The van der Waals surface area contributed by atoms with Crippen molar-refractivity contribution in [3.05, 3.63) is 52.8 Å². The van der Waals surface area contributed by atoms with Gasteiger partial charge in [-0.2, -0.15) is 5.26 Å². The maximum Gasteiger partial charge on any atom is 0.227 e. The SMILES string of the molecule is Cc1cc(Nc2nccc(-c3cc(C#N)c4c(c3)[C@@](C)(CO)CN4)n2)c(C)nc1OC1CCN(C)CC1. The second-order valence-electron chi connectivity index (χ2n) is 10.4. The highest BCUT2D eigenvalue weighted by Crippen LogP contribution is 2.41. The Balaban J connectivity index is 1.39. The van der Waals surface area contributed by atoms with Crippen LogP contribution in [0.4, 0.5) is 17.3 Å². The zero-order valence-electron chi connectivity index (χ0n) is 21.8. The highest BCUT2D eigenvalue weighted by Gasteiger charge is 2.36. The fourth-order valence-corrected chi connectivity index (χ4v) is 4.95. The van der Waals surface area contributed by atoms with Crippen molar-refractivity contribution in [2.24, 2.45) is 0 Å². The summed E-state index contributed by atoms with van der Waals surface area (Å²) in [4.78, 5) is 16.2. The standard InChI is InChI=1S/C28H33N7O2/c1-17-11-24(18(2)32-26(17)37-21-6-9-35(4)10-7-21)34-27-30-8-5-23(33-27)19-12-20(14-29)25-22(13-19)28(3,16-36)15-31-25/h5,8,11-13,21,31,36H,6-7,9-10,15-16H2,1-4H3,(H,30,33,34)/t28-/m1/s1. The number of nitrogens with zero attached hydrogens (tertiary/aromatic N) is 5. The van der Waals surface area contributed by atoms with Gasteiger partial charge >= 0.3 is 0 Å². The third-order valence-corrected chi connectivity index (χ3v) is 7.41. The van der Waals surface area contributed by atoms with Crippen molar-refractivity contribution in [2.75, 3.05) is 43.9 Å². The van der Waals surface area contributed by atoms with E-state index in [4.69, 9.17) is 14.7 Å². The summed E-state index contributed by atoms with van der Waals surface area (Å²) in [6.07, 6.45) is 3.89. The molecule has 5 rings (SSSR count). The minimum atomic E-state index is -0.456. The van der Waals surface area contributed by atoms with E-state index in [2.05, 4.69) is 33.6 Å². The zero-order valence-corrected chi connectivity index (χ0v) is 21.8. The minimum absolute atomic E-state index is 0.0129. The van der Waals surface area contributed by atoms with E-state index in [-0.39, 0.29) is 12.7 Å². The Morgan fingerprint density at radius 2 is 2.03 bits per heavy atom. The predicted molar refractivity (Wildman–Crippen MR) is 143 cm³/mol. The Labute approximate surface area is 217 Å². The number of likely N-dealkylation sites (tertiary alicyclic amines) is 1. The lowest BCUT2D eigenvalue weighted by atomic mass is 9.83. The predicted octanol–water partition coefficient (Wildman–Crippen LogP) is 3.92. The first-order valence-corrected chi connectivity index (χ1v) is 12.7. The lowest BCUT2D eigenvalue weighted by Crippen LogP contribution is -2.35. The van der Waals surface area contributed by atoms with Gasteiger partial charge in [-0.05, 0) is 63.6 Å². The maximum absolute atomic E-state index is 10.0. The van der Waals surface area contributed by atoms with Gasteiger partial charge in [0.15, 0.2) is 0 Å². The number of aromatic nitrogens is 3. The smallest absolute Gasteiger partial charge is 0.227 e. The number of aliphatic hydroxyl groups is 1. The molecule has 192 valence electrons. The third kappa shape index (κ3) is 4.95. The number of ether oxygens (including phenoxy) is 1. The maximum atomic E-state index is 10.0. The molecule has 2 aliphatic rings. The molecule has 3 N–H and O–H groups in total. The van der Waals surface area contributed by atoms with Crippen LogP contribution in [0.15, 0.2) is 30.5 Å². The average molecular weight is 500 g/mol. The van der Waals surface area contributed by atoms with Crippen LogP contribution in [0, 0.1) is 25.2 Å². The van der Waals surface area contributed by atoms with E-state index < -0.39 is 5.41 Å². The molecule has 9 heteroatoms. The number of pyridine rings is 1. The van der Waals surface area contributed by atoms with Gasteiger partial charge in [-0.1, -0.05) is 6.92 Å². The molecule has 0 bridgehead atoms. The van der Waals surface area contributed by atoms with Crippen LogP contribution in [0.25, 0.3) is 11.3 Å². The lowest BCUT2D eigenvalue weighted by molar-refractivity contribution is 0.109. The van der Waals surface area contributed by atoms with Gasteiger partial charge in [0.2, 0.25) is 11.8 Å². The van der Waals surface area contributed by atoms with E-state index in [9.17, 15) is 10.4 Å². The molecule has 9 nitrogen and oxygen atoms in total. The van der Waals surface area contributed by atoms with Gasteiger partial charge in [-0.3, -0.25) is 0 Å². The van der Waals surface area contributed by atoms with Gasteiger partial charge < -0.3 is 25.4 Å². The molecule has 0 spiro atoms. The molecular formula is C28H33N7O2. The van der Waals surface area contributed by atoms with Crippen molar-refractivity contribution < 1.29 is 9.84 Å². The molecule has 1 fully saturated rings. The summed E-state index contributed by atoms with van der Waals surface area (Å²) in [6, 6.07) is 9.95. The number of aryl methyl sites for hydroxylation is 2. The number of benzene rings is 1. The summed E-state index contributed by atoms with van der Waals surface area (Å²) >= 11 is 0. The minimum Gasteiger partial charge on any atom is -0.474 e. The molecule has 1 saturated heterocycles. The zero-order chi connectivity index (χ0) is 26.2. The van der Waals surface area contributed by atoms with E-state index in [0.717, 1.165) is 59.7 Å². The molecule has 0 aliphatic carbocycles. The Morgan fingerprint density at radius 1 is 1.24 bits per heavy atom. The van der Waals surface area contributed by atoms with Crippen LogP contribution in [0.3, 0.4) is 0 Å². The second-order valence-corrected chi connectivity index (χ2v) is 10.4. The fraction of sp³-hybridized carbons (Fsp3) is 0.429. The van der Waals surface area contributed by atoms with Gasteiger partial charge in [0.1, 0.15) is 12.2 Å². The highest BCUT2D eigenvalue weighted by atomic mass is 16.5. The van der Waals surface area contributed by atoms with Crippen molar-refractivity contribution in [2.45, 2.75) is 45.1 Å². The summed E-state index contributed by atoms with van der Waals surface area (Å²) in [7, 11) is 2.14. The molecule has 1 atom stereocenters. The Morgan fingerprint density at radius 3 is 2.76 bits per heavy atom. The molecule has 4 heterocycles. The van der Waals surface area contributed by atoms with E-state index in [1.807, 2.05) is 45.0 Å². The monoisotopic (exact) mass is 499 g/mol. The number of anilines is 3. The van der Waals surface area contributed by atoms with Crippen molar-refractivity contribution in [1.82, 2.24) is 19.9 Å². The molecule has 3 aromatic rings. The number of hydrogen-bond acceptors (Lipinski definition) is 9. The average Bonchev–Trinajstić information content (AvgIpc) is 3.25. The summed E-state index contributed by atoms with van der Waals surface area (Å²) in [6.45, 7) is 8.56. The van der Waals surface area contributed by atoms with E-state index in [1.165, 1.54) is 0 Å². The normalized spacial score (nSPS) is 19.7. The first kappa shape index (κ1) is 24.9. The Kier molecular flexibility index (Phi) is 6.71. The largest absolute Gasteiger partial charge is 0.474 e. The topological polar surface area (TPSA) is 119 Å². The van der Waals surface area contributed by atoms with Crippen LogP contribution in [0.1, 0.15) is 42.1 Å². The molecule has 1 aromatic carbocycles. The Hall–Kier alpha value is -3.74. The molecule has 0 amide bonds. The highest BCUT2D eigenvalue weighted by molar-refractivity contribution is 5.76.